The molecule has 0 aromatic heterocycles. The predicted molar refractivity (Wildman–Crippen MR) is 81.9 cm³/mol. The van der Waals surface area contributed by atoms with Gasteiger partial charge in [0.15, 0.2) is 0 Å². The normalized spacial score (nSPS) is 22.0. The highest BCUT2D eigenvalue weighted by atomic mass is 15.1. The Morgan fingerprint density at radius 1 is 1.21 bits per heavy atom. The van der Waals surface area contributed by atoms with Gasteiger partial charge in [0.05, 0.1) is 0 Å². The third kappa shape index (κ3) is 4.63. The SMILES string of the molecule is CC(C)CCC(N)C1CCN(Cc2ccccc2)C1. The van der Waals surface area contributed by atoms with Crippen LogP contribution in [0.3, 0.4) is 0 Å². The molecule has 2 nitrogen and oxygen atoms in total. The first kappa shape index (κ1) is 14.5. The highest BCUT2D eigenvalue weighted by molar-refractivity contribution is 5.14. The fourth-order valence-electron chi connectivity index (χ4n) is 2.96. The Morgan fingerprint density at radius 2 is 1.95 bits per heavy atom. The van der Waals surface area contributed by atoms with Crippen LogP contribution in [0.2, 0.25) is 0 Å². The minimum Gasteiger partial charge on any atom is -0.327 e. The lowest BCUT2D eigenvalue weighted by atomic mass is 9.93. The van der Waals surface area contributed by atoms with Crippen LogP contribution in [-0.2, 0) is 6.54 Å². The zero-order valence-corrected chi connectivity index (χ0v) is 12.4. The molecule has 1 aromatic carbocycles. The van der Waals surface area contributed by atoms with Gasteiger partial charge in [-0.15, -0.1) is 0 Å². The summed E-state index contributed by atoms with van der Waals surface area (Å²) in [5.41, 5.74) is 7.77. The molecule has 0 aliphatic carbocycles. The average Bonchev–Trinajstić information content (AvgIpc) is 2.85. The van der Waals surface area contributed by atoms with E-state index in [-0.39, 0.29) is 0 Å². The van der Waals surface area contributed by atoms with Crippen LogP contribution in [0.1, 0.15) is 38.7 Å². The van der Waals surface area contributed by atoms with E-state index in [1.54, 1.807) is 0 Å². The first-order valence-electron chi connectivity index (χ1n) is 7.67. The molecule has 2 atom stereocenters. The van der Waals surface area contributed by atoms with Gasteiger partial charge in [0, 0.05) is 19.1 Å². The van der Waals surface area contributed by atoms with E-state index < -0.39 is 0 Å². The van der Waals surface area contributed by atoms with E-state index in [0.29, 0.717) is 12.0 Å². The second kappa shape index (κ2) is 7.06. The third-order valence-electron chi connectivity index (χ3n) is 4.24. The minimum absolute atomic E-state index is 0.392. The maximum Gasteiger partial charge on any atom is 0.0233 e. The fourth-order valence-corrected chi connectivity index (χ4v) is 2.96. The van der Waals surface area contributed by atoms with Crippen molar-refractivity contribution in [2.75, 3.05) is 13.1 Å². The summed E-state index contributed by atoms with van der Waals surface area (Å²) in [6, 6.07) is 11.1. The molecule has 2 N–H and O–H groups in total. The number of hydrogen-bond acceptors (Lipinski definition) is 2. The Kier molecular flexibility index (Phi) is 5.41. The average molecular weight is 260 g/mol. The molecule has 0 spiro atoms. The van der Waals surface area contributed by atoms with Crippen LogP contribution in [0.4, 0.5) is 0 Å². The van der Waals surface area contributed by atoms with Gasteiger partial charge in [-0.1, -0.05) is 44.2 Å². The van der Waals surface area contributed by atoms with Crippen LogP contribution < -0.4 is 5.73 Å². The van der Waals surface area contributed by atoms with Gasteiger partial charge in [0.25, 0.3) is 0 Å². The largest absolute Gasteiger partial charge is 0.327 e. The number of nitrogens with two attached hydrogens (primary N) is 1. The number of likely N-dealkylation sites (tertiary alicyclic amines) is 1. The van der Waals surface area contributed by atoms with Crippen LogP contribution in [0, 0.1) is 11.8 Å². The van der Waals surface area contributed by atoms with E-state index >= 15 is 0 Å². The van der Waals surface area contributed by atoms with Crippen LogP contribution >= 0.6 is 0 Å². The number of rotatable bonds is 6. The van der Waals surface area contributed by atoms with Gasteiger partial charge in [-0.05, 0) is 43.2 Å². The standard InChI is InChI=1S/C17H28N2/c1-14(2)8-9-17(18)16-10-11-19(13-16)12-15-6-4-3-5-7-15/h3-7,14,16-17H,8-13,18H2,1-2H3. The second-order valence-corrected chi connectivity index (χ2v) is 6.40. The van der Waals surface area contributed by atoms with Gasteiger partial charge in [-0.3, -0.25) is 4.90 Å². The van der Waals surface area contributed by atoms with Crippen LogP contribution in [0.5, 0.6) is 0 Å². The highest BCUT2D eigenvalue weighted by Crippen LogP contribution is 2.23. The summed E-state index contributed by atoms with van der Waals surface area (Å²) in [5.74, 6) is 1.47. The molecule has 1 fully saturated rings. The molecule has 1 aromatic rings. The first-order chi connectivity index (χ1) is 9.15. The number of hydrogen-bond donors (Lipinski definition) is 1. The molecule has 2 unspecified atom stereocenters. The molecule has 0 radical (unpaired) electrons. The Hall–Kier alpha value is -0.860. The molecule has 0 saturated carbocycles. The zero-order chi connectivity index (χ0) is 13.7. The molecule has 1 aliphatic rings. The summed E-state index contributed by atoms with van der Waals surface area (Å²) < 4.78 is 0. The molecule has 1 heterocycles. The van der Waals surface area contributed by atoms with E-state index in [2.05, 4.69) is 49.1 Å². The molecule has 2 rings (SSSR count). The lowest BCUT2D eigenvalue weighted by molar-refractivity contribution is 0.298. The molecule has 1 aliphatic heterocycles. The van der Waals surface area contributed by atoms with E-state index in [9.17, 15) is 0 Å². The first-order valence-corrected chi connectivity index (χ1v) is 7.67. The molecule has 106 valence electrons. The summed E-state index contributed by atoms with van der Waals surface area (Å²) in [7, 11) is 0. The molecule has 2 heteroatoms. The van der Waals surface area contributed by atoms with Crippen molar-refractivity contribution in [2.45, 2.75) is 45.7 Å². The monoisotopic (exact) mass is 260 g/mol. The van der Waals surface area contributed by atoms with Gasteiger partial charge >= 0.3 is 0 Å². The van der Waals surface area contributed by atoms with E-state index in [1.165, 1.54) is 37.9 Å². The Balaban J connectivity index is 1.76. The summed E-state index contributed by atoms with van der Waals surface area (Å²) in [4.78, 5) is 2.55. The molecule has 1 saturated heterocycles. The lowest BCUT2D eigenvalue weighted by Gasteiger charge is -2.21. The summed E-state index contributed by atoms with van der Waals surface area (Å²) in [5, 5.41) is 0. The van der Waals surface area contributed by atoms with Crippen molar-refractivity contribution in [3.63, 3.8) is 0 Å². The smallest absolute Gasteiger partial charge is 0.0233 e. The van der Waals surface area contributed by atoms with E-state index in [0.717, 1.165) is 12.5 Å². The molecule has 0 bridgehead atoms. The van der Waals surface area contributed by atoms with Crippen LogP contribution in [-0.4, -0.2) is 24.0 Å². The molecular formula is C17H28N2. The molecular weight excluding hydrogens is 232 g/mol. The van der Waals surface area contributed by atoms with Gasteiger partial charge in [-0.2, -0.15) is 0 Å². The Bertz CT molecular complexity index is 361. The van der Waals surface area contributed by atoms with Crippen molar-refractivity contribution in [2.24, 2.45) is 17.6 Å². The Morgan fingerprint density at radius 3 is 2.63 bits per heavy atom. The van der Waals surface area contributed by atoms with Gasteiger partial charge in [0.1, 0.15) is 0 Å². The summed E-state index contributed by atoms with van der Waals surface area (Å²) in [6.45, 7) is 8.02. The van der Waals surface area contributed by atoms with Crippen molar-refractivity contribution in [1.29, 1.82) is 0 Å². The van der Waals surface area contributed by atoms with Crippen molar-refractivity contribution in [3.05, 3.63) is 35.9 Å². The van der Waals surface area contributed by atoms with Crippen molar-refractivity contribution < 1.29 is 0 Å². The van der Waals surface area contributed by atoms with Gasteiger partial charge in [0.2, 0.25) is 0 Å². The topological polar surface area (TPSA) is 29.3 Å². The molecule has 0 amide bonds. The van der Waals surface area contributed by atoms with E-state index in [4.69, 9.17) is 5.73 Å². The minimum atomic E-state index is 0.392. The van der Waals surface area contributed by atoms with Crippen molar-refractivity contribution >= 4 is 0 Å². The van der Waals surface area contributed by atoms with Gasteiger partial charge in [-0.25, -0.2) is 0 Å². The predicted octanol–water partition coefficient (Wildman–Crippen LogP) is 3.27. The summed E-state index contributed by atoms with van der Waals surface area (Å²) in [6.07, 6.45) is 3.71. The van der Waals surface area contributed by atoms with Crippen molar-refractivity contribution in [1.82, 2.24) is 4.90 Å². The maximum atomic E-state index is 6.36. The highest BCUT2D eigenvalue weighted by Gasteiger charge is 2.27. The Labute approximate surface area is 118 Å². The molecule has 19 heavy (non-hydrogen) atoms. The van der Waals surface area contributed by atoms with Crippen LogP contribution in [0.25, 0.3) is 0 Å². The van der Waals surface area contributed by atoms with E-state index in [1.807, 2.05) is 0 Å². The van der Waals surface area contributed by atoms with Crippen LogP contribution in [0.15, 0.2) is 30.3 Å². The summed E-state index contributed by atoms with van der Waals surface area (Å²) >= 11 is 0. The number of benzene rings is 1. The third-order valence-corrected chi connectivity index (χ3v) is 4.24. The number of nitrogens with zero attached hydrogens (tertiary/aromatic N) is 1. The quantitative estimate of drug-likeness (QED) is 0.850. The maximum absolute atomic E-state index is 6.36. The van der Waals surface area contributed by atoms with Gasteiger partial charge < -0.3 is 5.73 Å². The lowest BCUT2D eigenvalue weighted by Crippen LogP contribution is -2.32. The zero-order valence-electron chi connectivity index (χ0n) is 12.4. The second-order valence-electron chi connectivity index (χ2n) is 6.40. The van der Waals surface area contributed by atoms with Crippen molar-refractivity contribution in [3.8, 4) is 0 Å². The fraction of sp³-hybridized carbons (Fsp3) is 0.647.